The molecule has 0 spiro atoms. The predicted octanol–water partition coefficient (Wildman–Crippen LogP) is 2.79. The summed E-state index contributed by atoms with van der Waals surface area (Å²) in [6.07, 6.45) is 4.62. The zero-order chi connectivity index (χ0) is 14.3. The third kappa shape index (κ3) is 3.68. The van der Waals surface area contributed by atoms with E-state index in [-0.39, 0.29) is 5.97 Å². The summed E-state index contributed by atoms with van der Waals surface area (Å²) in [7, 11) is 0. The molecule has 20 heavy (non-hydrogen) atoms. The number of allylic oxidation sites excluding steroid dienone is 1. The molecule has 0 bridgehead atoms. The van der Waals surface area contributed by atoms with Crippen molar-refractivity contribution in [1.29, 1.82) is 0 Å². The van der Waals surface area contributed by atoms with Crippen LogP contribution < -0.4 is 0 Å². The molecular formula is C16H20O4. The first-order valence-corrected chi connectivity index (χ1v) is 6.93. The summed E-state index contributed by atoms with van der Waals surface area (Å²) >= 11 is 0. The third-order valence-corrected chi connectivity index (χ3v) is 3.15. The lowest BCUT2D eigenvalue weighted by atomic mass is 10.0. The van der Waals surface area contributed by atoms with Crippen LogP contribution in [0.2, 0.25) is 0 Å². The molecule has 1 heterocycles. The number of hydrogen-bond donors (Lipinski definition) is 0. The predicted molar refractivity (Wildman–Crippen MR) is 75.0 cm³/mol. The number of carbonyl (C=O) groups is 1. The highest BCUT2D eigenvalue weighted by molar-refractivity contribution is 5.81. The maximum atomic E-state index is 11.2. The Balaban J connectivity index is 1.95. The van der Waals surface area contributed by atoms with Gasteiger partial charge in [-0.05, 0) is 13.3 Å². The van der Waals surface area contributed by atoms with E-state index in [9.17, 15) is 4.79 Å². The molecule has 0 aromatic heterocycles. The first-order chi connectivity index (χ1) is 9.77. The number of rotatable bonds is 6. The monoisotopic (exact) mass is 276 g/mol. The summed E-state index contributed by atoms with van der Waals surface area (Å²) in [5.74, 6) is -0.991. The number of benzene rings is 1. The Labute approximate surface area is 119 Å². The van der Waals surface area contributed by atoms with Gasteiger partial charge in [0.2, 0.25) is 0 Å². The Kier molecular flexibility index (Phi) is 5.32. The molecule has 1 fully saturated rings. The Morgan fingerprint density at radius 2 is 2.00 bits per heavy atom. The third-order valence-electron chi connectivity index (χ3n) is 3.15. The van der Waals surface area contributed by atoms with Gasteiger partial charge >= 0.3 is 5.97 Å². The zero-order valence-corrected chi connectivity index (χ0v) is 11.7. The molecule has 1 saturated heterocycles. The highest BCUT2D eigenvalue weighted by Gasteiger charge is 2.37. The van der Waals surface area contributed by atoms with Crippen LogP contribution in [0.4, 0.5) is 0 Å². The summed E-state index contributed by atoms with van der Waals surface area (Å²) in [6, 6.07) is 9.90. The van der Waals surface area contributed by atoms with Gasteiger partial charge in [-0.1, -0.05) is 36.4 Å². The van der Waals surface area contributed by atoms with Gasteiger partial charge in [0.05, 0.1) is 19.8 Å². The van der Waals surface area contributed by atoms with E-state index < -0.39 is 5.79 Å². The van der Waals surface area contributed by atoms with Gasteiger partial charge in [0, 0.05) is 18.1 Å². The maximum Gasteiger partial charge on any atom is 0.330 e. The van der Waals surface area contributed by atoms with E-state index in [2.05, 4.69) is 0 Å². The maximum absolute atomic E-state index is 11.2. The Bertz CT molecular complexity index is 447. The van der Waals surface area contributed by atoms with Crippen molar-refractivity contribution in [1.82, 2.24) is 0 Å². The lowest BCUT2D eigenvalue weighted by Gasteiger charge is -2.27. The topological polar surface area (TPSA) is 44.8 Å². The minimum Gasteiger partial charge on any atom is -0.463 e. The van der Waals surface area contributed by atoms with E-state index in [0.29, 0.717) is 32.7 Å². The highest BCUT2D eigenvalue weighted by Crippen LogP contribution is 2.35. The summed E-state index contributed by atoms with van der Waals surface area (Å²) in [6.45, 7) is 3.37. The van der Waals surface area contributed by atoms with E-state index >= 15 is 0 Å². The van der Waals surface area contributed by atoms with Crippen LogP contribution in [0, 0.1) is 0 Å². The summed E-state index contributed by atoms with van der Waals surface area (Å²) in [5.41, 5.74) is 1.02. The van der Waals surface area contributed by atoms with Crippen molar-refractivity contribution in [2.45, 2.75) is 25.6 Å². The van der Waals surface area contributed by atoms with Gasteiger partial charge in [0.25, 0.3) is 0 Å². The van der Waals surface area contributed by atoms with Crippen LogP contribution in [0.5, 0.6) is 0 Å². The summed E-state index contributed by atoms with van der Waals surface area (Å²) in [5, 5.41) is 0. The number of esters is 1. The molecule has 0 aliphatic carbocycles. The summed E-state index contributed by atoms with van der Waals surface area (Å²) in [4.78, 5) is 11.2. The van der Waals surface area contributed by atoms with Crippen molar-refractivity contribution in [3.63, 3.8) is 0 Å². The van der Waals surface area contributed by atoms with Gasteiger partial charge in [-0.2, -0.15) is 0 Å². The van der Waals surface area contributed by atoms with Gasteiger partial charge in [-0.3, -0.25) is 0 Å². The average Bonchev–Trinajstić information content (AvgIpc) is 2.95. The Hall–Kier alpha value is -1.65. The Morgan fingerprint density at radius 3 is 2.65 bits per heavy atom. The quantitative estimate of drug-likeness (QED) is 0.592. The van der Waals surface area contributed by atoms with Gasteiger partial charge < -0.3 is 14.2 Å². The Morgan fingerprint density at radius 1 is 1.30 bits per heavy atom. The second-order valence-corrected chi connectivity index (χ2v) is 4.51. The minimum atomic E-state index is -0.680. The molecule has 0 saturated carbocycles. The van der Waals surface area contributed by atoms with E-state index in [4.69, 9.17) is 14.2 Å². The molecular weight excluding hydrogens is 256 g/mol. The van der Waals surface area contributed by atoms with Crippen LogP contribution in [0.3, 0.4) is 0 Å². The molecule has 0 N–H and O–H groups in total. The van der Waals surface area contributed by atoms with Gasteiger partial charge in [-0.25, -0.2) is 4.79 Å². The van der Waals surface area contributed by atoms with Crippen molar-refractivity contribution in [3.8, 4) is 0 Å². The molecule has 0 radical (unpaired) electrons. The molecule has 1 aliphatic heterocycles. The fourth-order valence-electron chi connectivity index (χ4n) is 2.25. The molecule has 1 aromatic rings. The van der Waals surface area contributed by atoms with Crippen LogP contribution in [0.15, 0.2) is 42.5 Å². The van der Waals surface area contributed by atoms with Gasteiger partial charge in [0.15, 0.2) is 5.79 Å². The van der Waals surface area contributed by atoms with E-state index in [0.717, 1.165) is 5.56 Å². The van der Waals surface area contributed by atoms with Crippen molar-refractivity contribution < 1.29 is 19.0 Å². The highest BCUT2D eigenvalue weighted by atomic mass is 16.7. The molecule has 4 nitrogen and oxygen atoms in total. The van der Waals surface area contributed by atoms with Crippen molar-refractivity contribution in [2.75, 3.05) is 19.8 Å². The minimum absolute atomic E-state index is 0.311. The van der Waals surface area contributed by atoms with Crippen molar-refractivity contribution >= 4 is 5.97 Å². The fraction of sp³-hybridized carbons (Fsp3) is 0.438. The molecule has 108 valence electrons. The van der Waals surface area contributed by atoms with Crippen LogP contribution in [-0.2, 0) is 24.8 Å². The molecule has 0 unspecified atom stereocenters. The lowest BCUT2D eigenvalue weighted by Crippen LogP contribution is -2.26. The molecule has 0 atom stereocenters. The molecule has 2 rings (SSSR count). The van der Waals surface area contributed by atoms with Crippen molar-refractivity contribution in [3.05, 3.63) is 48.0 Å². The smallest absolute Gasteiger partial charge is 0.330 e. The van der Waals surface area contributed by atoms with Crippen LogP contribution in [-0.4, -0.2) is 25.8 Å². The van der Waals surface area contributed by atoms with Gasteiger partial charge in [-0.15, -0.1) is 0 Å². The SMILES string of the molecule is CCOC(=O)/C=C/CCC1(c2ccccc2)OCCO1. The summed E-state index contributed by atoms with van der Waals surface area (Å²) < 4.78 is 16.5. The number of hydrogen-bond acceptors (Lipinski definition) is 4. The van der Waals surface area contributed by atoms with Crippen LogP contribution >= 0.6 is 0 Å². The molecule has 4 heteroatoms. The zero-order valence-electron chi connectivity index (χ0n) is 11.7. The second-order valence-electron chi connectivity index (χ2n) is 4.51. The normalized spacial score (nSPS) is 17.4. The number of carbonyl (C=O) groups excluding carboxylic acids is 1. The van der Waals surface area contributed by atoms with Crippen molar-refractivity contribution in [2.24, 2.45) is 0 Å². The van der Waals surface area contributed by atoms with E-state index in [1.165, 1.54) is 6.08 Å². The molecule has 0 amide bonds. The van der Waals surface area contributed by atoms with Crippen LogP contribution in [0.25, 0.3) is 0 Å². The molecule has 1 aliphatic rings. The first-order valence-electron chi connectivity index (χ1n) is 6.93. The second kappa shape index (κ2) is 7.22. The fourth-order valence-corrected chi connectivity index (χ4v) is 2.25. The largest absolute Gasteiger partial charge is 0.463 e. The van der Waals surface area contributed by atoms with Crippen LogP contribution in [0.1, 0.15) is 25.3 Å². The first kappa shape index (κ1) is 14.8. The van der Waals surface area contributed by atoms with Gasteiger partial charge in [0.1, 0.15) is 0 Å². The van der Waals surface area contributed by atoms with E-state index in [1.54, 1.807) is 13.0 Å². The standard InChI is InChI=1S/C16H20O4/c1-2-18-15(17)10-6-7-11-16(19-12-13-20-16)14-8-4-3-5-9-14/h3-6,8-10H,2,7,11-13H2,1H3/b10-6+. The molecule has 1 aromatic carbocycles. The lowest BCUT2D eigenvalue weighted by molar-refractivity contribution is -0.170. The number of ether oxygens (including phenoxy) is 3. The average molecular weight is 276 g/mol. The van der Waals surface area contributed by atoms with E-state index in [1.807, 2.05) is 30.3 Å².